The highest BCUT2D eigenvalue weighted by Crippen LogP contribution is 2.49. The Bertz CT molecular complexity index is 448. The van der Waals surface area contributed by atoms with Crippen LogP contribution < -0.4 is 0 Å². The van der Waals surface area contributed by atoms with Gasteiger partial charge >= 0.3 is 0 Å². The number of hydrogen-bond acceptors (Lipinski definition) is 3. The van der Waals surface area contributed by atoms with E-state index in [1.165, 1.54) is 0 Å². The van der Waals surface area contributed by atoms with Gasteiger partial charge in [-0.15, -0.1) is 0 Å². The maximum Gasteiger partial charge on any atom is 0.226 e. The van der Waals surface area contributed by atoms with E-state index < -0.39 is 0 Å². The number of rotatable bonds is 4. The largest absolute Gasteiger partial charge is 0.469 e. The van der Waals surface area contributed by atoms with E-state index in [0.29, 0.717) is 12.0 Å². The normalized spacial score (nSPS) is 32.9. The average Bonchev–Trinajstić information content (AvgIpc) is 3.11. The lowest BCUT2D eigenvalue weighted by atomic mass is 9.86. The quantitative estimate of drug-likeness (QED) is 0.919. The third-order valence-corrected chi connectivity index (χ3v) is 4.99. The van der Waals surface area contributed by atoms with Crippen LogP contribution in [0.5, 0.6) is 0 Å². The smallest absolute Gasteiger partial charge is 0.226 e. The van der Waals surface area contributed by atoms with E-state index in [0.717, 1.165) is 37.9 Å². The van der Waals surface area contributed by atoms with Gasteiger partial charge in [0.1, 0.15) is 5.76 Å². The van der Waals surface area contributed by atoms with E-state index in [1.807, 2.05) is 24.1 Å². The lowest BCUT2D eigenvalue weighted by molar-refractivity contribution is -0.134. The number of aliphatic hydroxyl groups is 1. The van der Waals surface area contributed by atoms with Gasteiger partial charge in [0, 0.05) is 31.5 Å². The molecule has 1 amide bonds. The Morgan fingerprint density at radius 1 is 1.40 bits per heavy atom. The van der Waals surface area contributed by atoms with Crippen LogP contribution in [0.4, 0.5) is 0 Å². The Morgan fingerprint density at radius 2 is 2.15 bits per heavy atom. The van der Waals surface area contributed by atoms with Crippen LogP contribution in [-0.2, 0) is 4.79 Å². The first kappa shape index (κ1) is 13.7. The van der Waals surface area contributed by atoms with Crippen molar-refractivity contribution in [3.8, 4) is 0 Å². The topological polar surface area (TPSA) is 53.7 Å². The molecular formula is C16H23NO3. The van der Waals surface area contributed by atoms with Crippen LogP contribution in [0.25, 0.3) is 0 Å². The van der Waals surface area contributed by atoms with Crippen molar-refractivity contribution in [2.24, 2.45) is 11.8 Å². The van der Waals surface area contributed by atoms with Gasteiger partial charge in [-0.1, -0.05) is 0 Å². The molecule has 3 rings (SSSR count). The van der Waals surface area contributed by atoms with Crippen LogP contribution in [0.3, 0.4) is 0 Å². The van der Waals surface area contributed by atoms with E-state index in [9.17, 15) is 9.90 Å². The summed E-state index contributed by atoms with van der Waals surface area (Å²) in [7, 11) is 1.93. The van der Waals surface area contributed by atoms with Gasteiger partial charge in [-0.05, 0) is 50.2 Å². The molecule has 0 spiro atoms. The number of furan rings is 1. The zero-order valence-corrected chi connectivity index (χ0v) is 12.0. The van der Waals surface area contributed by atoms with Gasteiger partial charge in [0.2, 0.25) is 5.91 Å². The maximum absolute atomic E-state index is 12.5. The van der Waals surface area contributed by atoms with Crippen molar-refractivity contribution < 1.29 is 14.3 Å². The number of nitrogens with zero attached hydrogens (tertiary/aromatic N) is 1. The van der Waals surface area contributed by atoms with Crippen LogP contribution in [0.15, 0.2) is 22.8 Å². The summed E-state index contributed by atoms with van der Waals surface area (Å²) in [5, 5.41) is 9.17. The van der Waals surface area contributed by atoms with Gasteiger partial charge in [-0.3, -0.25) is 4.79 Å². The van der Waals surface area contributed by atoms with Crippen molar-refractivity contribution in [1.29, 1.82) is 0 Å². The molecular weight excluding hydrogens is 254 g/mol. The summed E-state index contributed by atoms with van der Waals surface area (Å²) in [6.07, 6.45) is 6.70. The average molecular weight is 277 g/mol. The molecule has 1 N–H and O–H groups in total. The minimum absolute atomic E-state index is 0.113. The minimum atomic E-state index is 0.113. The number of amides is 1. The molecule has 2 saturated carbocycles. The molecule has 1 heterocycles. The van der Waals surface area contributed by atoms with Crippen molar-refractivity contribution >= 4 is 5.91 Å². The van der Waals surface area contributed by atoms with E-state index in [1.54, 1.807) is 6.26 Å². The predicted molar refractivity (Wildman–Crippen MR) is 75.2 cm³/mol. The second-order valence-electron chi connectivity index (χ2n) is 6.27. The highest BCUT2D eigenvalue weighted by Gasteiger charge is 2.47. The molecule has 0 bridgehead atoms. The molecule has 1 aromatic rings. The molecule has 1 aromatic heterocycles. The maximum atomic E-state index is 12.5. The fourth-order valence-corrected chi connectivity index (χ4v) is 3.44. The number of aliphatic hydroxyl groups excluding tert-OH is 1. The molecule has 4 nitrogen and oxygen atoms in total. The Hall–Kier alpha value is -1.29. The molecule has 20 heavy (non-hydrogen) atoms. The van der Waals surface area contributed by atoms with Gasteiger partial charge in [-0.25, -0.2) is 0 Å². The van der Waals surface area contributed by atoms with Gasteiger partial charge in [-0.2, -0.15) is 0 Å². The Kier molecular flexibility index (Phi) is 3.83. The summed E-state index contributed by atoms with van der Waals surface area (Å²) in [5.74, 6) is 2.04. The molecule has 110 valence electrons. The first-order valence-electron chi connectivity index (χ1n) is 7.61. The summed E-state index contributed by atoms with van der Waals surface area (Å²) in [4.78, 5) is 14.4. The summed E-state index contributed by atoms with van der Waals surface area (Å²) in [5.41, 5.74) is 0. The first-order valence-corrected chi connectivity index (χ1v) is 7.61. The molecule has 2 aliphatic carbocycles. The molecule has 2 aliphatic rings. The fourth-order valence-electron chi connectivity index (χ4n) is 3.44. The fraction of sp³-hybridized carbons (Fsp3) is 0.688. The van der Waals surface area contributed by atoms with Crippen LogP contribution in [-0.4, -0.2) is 35.6 Å². The second-order valence-corrected chi connectivity index (χ2v) is 6.27. The SMILES string of the molecule is CN(C(=O)C1CC1c1ccco1)C1CCC(CO)CC1. The summed E-state index contributed by atoms with van der Waals surface area (Å²) >= 11 is 0. The van der Waals surface area contributed by atoms with Crippen molar-refractivity contribution in [3.63, 3.8) is 0 Å². The van der Waals surface area contributed by atoms with E-state index >= 15 is 0 Å². The van der Waals surface area contributed by atoms with Crippen LogP contribution >= 0.6 is 0 Å². The Balaban J connectivity index is 1.53. The van der Waals surface area contributed by atoms with Crippen LogP contribution in [0.2, 0.25) is 0 Å². The van der Waals surface area contributed by atoms with Gasteiger partial charge < -0.3 is 14.4 Å². The molecule has 0 aromatic carbocycles. The minimum Gasteiger partial charge on any atom is -0.469 e. The lowest BCUT2D eigenvalue weighted by Crippen LogP contribution is -2.40. The van der Waals surface area contributed by atoms with E-state index in [4.69, 9.17) is 4.42 Å². The van der Waals surface area contributed by atoms with E-state index in [-0.39, 0.29) is 24.3 Å². The van der Waals surface area contributed by atoms with Crippen molar-refractivity contribution in [2.45, 2.75) is 44.1 Å². The van der Waals surface area contributed by atoms with Crippen molar-refractivity contribution in [3.05, 3.63) is 24.2 Å². The van der Waals surface area contributed by atoms with Gasteiger partial charge in [0.05, 0.1) is 6.26 Å². The van der Waals surface area contributed by atoms with Crippen molar-refractivity contribution in [2.75, 3.05) is 13.7 Å². The van der Waals surface area contributed by atoms with Crippen LogP contribution in [0, 0.1) is 11.8 Å². The number of hydrogen-bond donors (Lipinski definition) is 1. The first-order chi connectivity index (χ1) is 9.70. The summed E-state index contributed by atoms with van der Waals surface area (Å²) in [6, 6.07) is 4.20. The Morgan fingerprint density at radius 3 is 2.75 bits per heavy atom. The molecule has 0 saturated heterocycles. The third kappa shape index (κ3) is 2.62. The third-order valence-electron chi connectivity index (χ3n) is 4.99. The van der Waals surface area contributed by atoms with Gasteiger partial charge in [0.25, 0.3) is 0 Å². The molecule has 0 radical (unpaired) electrons. The molecule has 0 aliphatic heterocycles. The molecule has 4 heteroatoms. The monoisotopic (exact) mass is 277 g/mol. The number of carbonyl (C=O) groups excluding carboxylic acids is 1. The molecule has 2 unspecified atom stereocenters. The molecule has 2 fully saturated rings. The number of carbonyl (C=O) groups is 1. The molecule has 2 atom stereocenters. The van der Waals surface area contributed by atoms with Crippen LogP contribution in [0.1, 0.15) is 43.8 Å². The predicted octanol–water partition coefficient (Wildman–Crippen LogP) is 2.39. The lowest BCUT2D eigenvalue weighted by Gasteiger charge is -2.34. The highest BCUT2D eigenvalue weighted by molar-refractivity contribution is 5.82. The summed E-state index contributed by atoms with van der Waals surface area (Å²) < 4.78 is 5.39. The van der Waals surface area contributed by atoms with Crippen molar-refractivity contribution in [1.82, 2.24) is 4.90 Å². The standard InChI is InChI=1S/C16H23NO3/c1-17(12-6-4-11(10-18)5-7-12)16(19)14-9-13(14)15-3-2-8-20-15/h2-3,8,11-14,18H,4-7,9-10H2,1H3. The zero-order chi connectivity index (χ0) is 14.1. The Labute approximate surface area is 119 Å². The highest BCUT2D eigenvalue weighted by atomic mass is 16.3. The van der Waals surface area contributed by atoms with E-state index in [2.05, 4.69) is 0 Å². The summed E-state index contributed by atoms with van der Waals surface area (Å²) in [6.45, 7) is 0.285. The van der Waals surface area contributed by atoms with Gasteiger partial charge in [0.15, 0.2) is 0 Å². The second kappa shape index (κ2) is 5.60. The zero-order valence-electron chi connectivity index (χ0n) is 12.0.